The molecule has 0 unspecified atom stereocenters. The number of amides is 1. The number of hydrogen-bond acceptors (Lipinski definition) is 5. The van der Waals surface area contributed by atoms with E-state index in [1.165, 1.54) is 12.3 Å². The van der Waals surface area contributed by atoms with Crippen LogP contribution in [0.15, 0.2) is 30.5 Å². The van der Waals surface area contributed by atoms with Crippen molar-refractivity contribution >= 4 is 34.5 Å². The van der Waals surface area contributed by atoms with Crippen molar-refractivity contribution in [1.29, 1.82) is 0 Å². The molecule has 1 aromatic heterocycles. The van der Waals surface area contributed by atoms with E-state index in [9.17, 15) is 9.59 Å². The number of carbonyl (C=O) groups is 2. The first kappa shape index (κ1) is 13.9. The summed E-state index contributed by atoms with van der Waals surface area (Å²) in [5.41, 5.74) is 2.01. The zero-order valence-corrected chi connectivity index (χ0v) is 11.3. The Kier molecular flexibility index (Phi) is 4.21. The molecule has 0 radical (unpaired) electrons. The van der Waals surface area contributed by atoms with Gasteiger partial charge in [0.1, 0.15) is 5.00 Å². The lowest BCUT2D eigenvalue weighted by atomic mass is 10.0. The van der Waals surface area contributed by atoms with Crippen molar-refractivity contribution in [1.82, 2.24) is 9.59 Å². The van der Waals surface area contributed by atoms with E-state index in [-0.39, 0.29) is 5.91 Å². The molecule has 0 aliphatic heterocycles. The number of anilines is 1. The lowest BCUT2D eigenvalue weighted by molar-refractivity contribution is -0.131. The van der Waals surface area contributed by atoms with Crippen molar-refractivity contribution in [3.05, 3.63) is 47.2 Å². The van der Waals surface area contributed by atoms with Gasteiger partial charge in [0.2, 0.25) is 0 Å². The van der Waals surface area contributed by atoms with Crippen molar-refractivity contribution in [2.45, 2.75) is 6.92 Å². The second-order valence-corrected chi connectivity index (χ2v) is 4.76. The number of hydrogen-bond donors (Lipinski definition) is 2. The summed E-state index contributed by atoms with van der Waals surface area (Å²) in [7, 11) is 0. The second kappa shape index (κ2) is 6.07. The Labute approximate surface area is 118 Å². The van der Waals surface area contributed by atoms with E-state index in [0.29, 0.717) is 16.1 Å². The van der Waals surface area contributed by atoms with Crippen molar-refractivity contribution < 1.29 is 14.7 Å². The molecule has 0 saturated carbocycles. The van der Waals surface area contributed by atoms with Crippen LogP contribution in [-0.2, 0) is 4.79 Å². The number of rotatable bonds is 4. The number of carbonyl (C=O) groups excluding carboxylic acids is 1. The molecule has 0 atom stereocenters. The molecule has 102 valence electrons. The number of nitrogens with zero attached hydrogens (tertiary/aromatic N) is 2. The van der Waals surface area contributed by atoms with Crippen LogP contribution in [0.2, 0.25) is 0 Å². The van der Waals surface area contributed by atoms with Gasteiger partial charge in [-0.1, -0.05) is 10.6 Å². The van der Waals surface area contributed by atoms with Gasteiger partial charge in [-0.15, -0.1) is 5.10 Å². The van der Waals surface area contributed by atoms with Crippen LogP contribution in [0.5, 0.6) is 0 Å². The predicted molar refractivity (Wildman–Crippen MR) is 75.7 cm³/mol. The summed E-state index contributed by atoms with van der Waals surface area (Å²) in [5.74, 6) is -1.32. The normalized spacial score (nSPS) is 10.7. The molecule has 0 bridgehead atoms. The van der Waals surface area contributed by atoms with Crippen LogP contribution >= 0.6 is 11.5 Å². The van der Waals surface area contributed by atoms with Crippen LogP contribution < -0.4 is 5.32 Å². The Hall–Kier alpha value is -2.54. The van der Waals surface area contributed by atoms with Crippen LogP contribution in [0.1, 0.15) is 21.5 Å². The number of carboxylic acids is 1. The van der Waals surface area contributed by atoms with Crippen molar-refractivity contribution in [3.63, 3.8) is 0 Å². The molecule has 2 rings (SSSR count). The summed E-state index contributed by atoms with van der Waals surface area (Å²) in [6.45, 7) is 1.84. The first-order valence-electron chi connectivity index (χ1n) is 5.66. The highest BCUT2D eigenvalue weighted by atomic mass is 32.1. The SMILES string of the molecule is Cc1ccc(C(=O)Nc2cnns2)cc1/C=C/C(=O)O. The van der Waals surface area contributed by atoms with Crippen LogP contribution in [0.4, 0.5) is 5.00 Å². The Bertz CT molecular complexity index is 666. The van der Waals surface area contributed by atoms with Crippen molar-refractivity contribution in [3.8, 4) is 0 Å². The number of carboxylic acid groups (broad SMARTS) is 1. The fourth-order valence-corrected chi connectivity index (χ4v) is 1.94. The Balaban J connectivity index is 2.22. The summed E-state index contributed by atoms with van der Waals surface area (Å²) in [6, 6.07) is 5.08. The van der Waals surface area contributed by atoms with Gasteiger partial charge in [0.05, 0.1) is 6.20 Å². The fourth-order valence-electron chi connectivity index (χ4n) is 1.53. The molecular formula is C13H11N3O3S. The smallest absolute Gasteiger partial charge is 0.328 e. The third-order valence-electron chi connectivity index (χ3n) is 2.54. The number of nitrogens with one attached hydrogen (secondary N) is 1. The standard InChI is InChI=1S/C13H11N3O3S/c1-8-2-3-10(6-9(8)4-5-12(17)18)13(19)15-11-7-14-16-20-11/h2-7H,1H3,(H,15,19)(H,17,18)/b5-4+. The zero-order valence-electron chi connectivity index (χ0n) is 10.5. The molecule has 2 N–H and O–H groups in total. The lowest BCUT2D eigenvalue weighted by Crippen LogP contribution is -2.11. The topological polar surface area (TPSA) is 92.2 Å². The molecule has 1 heterocycles. The monoisotopic (exact) mass is 289 g/mol. The van der Waals surface area contributed by atoms with Gasteiger partial charge < -0.3 is 10.4 Å². The number of benzene rings is 1. The third kappa shape index (κ3) is 3.48. The summed E-state index contributed by atoms with van der Waals surface area (Å²) >= 11 is 1.08. The summed E-state index contributed by atoms with van der Waals surface area (Å²) in [5, 5.41) is 15.5. The summed E-state index contributed by atoms with van der Waals surface area (Å²) < 4.78 is 3.65. The molecule has 0 saturated heterocycles. The maximum Gasteiger partial charge on any atom is 0.328 e. The van der Waals surface area contributed by atoms with Crippen molar-refractivity contribution in [2.75, 3.05) is 5.32 Å². The van der Waals surface area contributed by atoms with Gasteiger partial charge in [-0.05, 0) is 36.3 Å². The summed E-state index contributed by atoms with van der Waals surface area (Å²) in [4.78, 5) is 22.5. The highest BCUT2D eigenvalue weighted by molar-refractivity contribution is 7.10. The van der Waals surface area contributed by atoms with Crippen LogP contribution in [0.3, 0.4) is 0 Å². The first-order chi connectivity index (χ1) is 9.56. The van der Waals surface area contributed by atoms with Gasteiger partial charge in [0.25, 0.3) is 5.91 Å². The van der Waals surface area contributed by atoms with Gasteiger partial charge in [-0.2, -0.15) is 0 Å². The molecule has 1 aromatic carbocycles. The van der Waals surface area contributed by atoms with Gasteiger partial charge in [-0.3, -0.25) is 4.79 Å². The van der Waals surface area contributed by atoms with Gasteiger partial charge in [0.15, 0.2) is 0 Å². The zero-order chi connectivity index (χ0) is 14.5. The third-order valence-corrected chi connectivity index (χ3v) is 3.13. The molecule has 0 spiro atoms. The highest BCUT2D eigenvalue weighted by Crippen LogP contribution is 2.16. The fraction of sp³-hybridized carbons (Fsp3) is 0.0769. The predicted octanol–water partition coefficient (Wildman–Crippen LogP) is 2.20. The number of aliphatic carboxylic acids is 1. The van der Waals surface area contributed by atoms with Crippen LogP contribution in [-0.4, -0.2) is 26.6 Å². The highest BCUT2D eigenvalue weighted by Gasteiger charge is 2.09. The molecule has 20 heavy (non-hydrogen) atoms. The van der Waals surface area contributed by atoms with E-state index in [1.54, 1.807) is 18.2 Å². The van der Waals surface area contributed by atoms with Gasteiger partial charge in [-0.25, -0.2) is 4.79 Å². The van der Waals surface area contributed by atoms with Gasteiger partial charge >= 0.3 is 5.97 Å². The maximum atomic E-state index is 12.0. The molecule has 0 fully saturated rings. The Morgan fingerprint density at radius 1 is 1.40 bits per heavy atom. The minimum Gasteiger partial charge on any atom is -0.478 e. The van der Waals surface area contributed by atoms with Crippen molar-refractivity contribution in [2.24, 2.45) is 0 Å². The maximum absolute atomic E-state index is 12.0. The van der Waals surface area contributed by atoms with Gasteiger partial charge in [0, 0.05) is 23.2 Å². The van der Waals surface area contributed by atoms with Crippen LogP contribution in [0.25, 0.3) is 6.08 Å². The van der Waals surface area contributed by atoms with E-state index in [4.69, 9.17) is 5.11 Å². The molecule has 0 aliphatic rings. The minimum atomic E-state index is -1.03. The average Bonchev–Trinajstić information content (AvgIpc) is 2.90. The minimum absolute atomic E-state index is 0.291. The Morgan fingerprint density at radius 2 is 2.20 bits per heavy atom. The van der Waals surface area contributed by atoms with E-state index in [2.05, 4.69) is 14.9 Å². The molecule has 1 amide bonds. The molecule has 0 aliphatic carbocycles. The quantitative estimate of drug-likeness (QED) is 0.842. The summed E-state index contributed by atoms with van der Waals surface area (Å²) in [6.07, 6.45) is 3.96. The Morgan fingerprint density at radius 3 is 2.85 bits per heavy atom. The van der Waals surface area contributed by atoms with E-state index in [1.807, 2.05) is 6.92 Å². The molecule has 2 aromatic rings. The van der Waals surface area contributed by atoms with Crippen LogP contribution in [0, 0.1) is 6.92 Å². The van der Waals surface area contributed by atoms with E-state index < -0.39 is 5.97 Å². The van der Waals surface area contributed by atoms with E-state index in [0.717, 1.165) is 23.2 Å². The van der Waals surface area contributed by atoms with E-state index >= 15 is 0 Å². The number of aryl methyl sites for hydroxylation is 1. The second-order valence-electron chi connectivity index (χ2n) is 3.98. The average molecular weight is 289 g/mol. The number of aromatic nitrogens is 2. The largest absolute Gasteiger partial charge is 0.478 e. The molecule has 6 nitrogen and oxygen atoms in total. The first-order valence-corrected chi connectivity index (χ1v) is 6.44. The molecular weight excluding hydrogens is 278 g/mol. The molecule has 7 heteroatoms. The lowest BCUT2D eigenvalue weighted by Gasteiger charge is -2.05.